The van der Waals surface area contributed by atoms with Gasteiger partial charge in [-0.25, -0.2) is 4.42 Å². The number of hydrogen-bond acceptors (Lipinski definition) is 6. The van der Waals surface area contributed by atoms with Gasteiger partial charge in [-0.15, -0.1) is 0 Å². The summed E-state index contributed by atoms with van der Waals surface area (Å²) in [6.45, 7) is 4.25. The molecule has 0 aromatic heterocycles. The van der Waals surface area contributed by atoms with Gasteiger partial charge in [0.15, 0.2) is 0 Å². The maximum absolute atomic E-state index is 8.39. The summed E-state index contributed by atoms with van der Waals surface area (Å²) in [5.41, 5.74) is 3.35. The van der Waals surface area contributed by atoms with Gasteiger partial charge in [0.2, 0.25) is 0 Å². The largest absolute Gasteiger partial charge is 0.372 e. The molecule has 2 N–H and O–H groups in total. The molecular formula is C18H16ClN3S3. The summed E-state index contributed by atoms with van der Waals surface area (Å²) >= 11 is 11.3. The van der Waals surface area contributed by atoms with E-state index in [1.165, 1.54) is 27.9 Å². The Labute approximate surface area is 165 Å². The maximum Gasteiger partial charge on any atom is 0.0986 e. The van der Waals surface area contributed by atoms with Crippen molar-refractivity contribution in [1.82, 2.24) is 0 Å². The van der Waals surface area contributed by atoms with Gasteiger partial charge in [-0.05, 0) is 43.7 Å². The Morgan fingerprint density at radius 3 is 2.92 bits per heavy atom. The number of halogens is 1. The highest BCUT2D eigenvalue weighted by Crippen LogP contribution is 2.47. The van der Waals surface area contributed by atoms with E-state index in [4.69, 9.17) is 17.2 Å². The Morgan fingerprint density at radius 1 is 1.32 bits per heavy atom. The predicted octanol–water partition coefficient (Wildman–Crippen LogP) is 6.54. The highest BCUT2D eigenvalue weighted by Gasteiger charge is 2.24. The van der Waals surface area contributed by atoms with Crippen molar-refractivity contribution in [2.75, 3.05) is 9.74 Å². The minimum Gasteiger partial charge on any atom is -0.372 e. The van der Waals surface area contributed by atoms with Gasteiger partial charge in [0.05, 0.1) is 21.1 Å². The molecule has 2 aliphatic heterocycles. The molecule has 2 aliphatic rings. The number of nitrogens with one attached hydrogen (secondary N) is 2. The summed E-state index contributed by atoms with van der Waals surface area (Å²) in [5, 5.41) is 13.6. The number of hydrogen-bond donors (Lipinski definition) is 2. The zero-order valence-corrected chi connectivity index (χ0v) is 16.9. The number of rotatable bonds is 2. The first-order chi connectivity index (χ1) is 12.0. The summed E-state index contributed by atoms with van der Waals surface area (Å²) in [6, 6.07) is 12.4. The SMILES string of the molecule is Cc1cc2c(cc1SC(=N)/C=C1/Sc3ccccc3N1Cl)SC(C)N2. The van der Waals surface area contributed by atoms with Gasteiger partial charge in [0, 0.05) is 38.2 Å². The fraction of sp³-hybridized carbons (Fsp3) is 0.167. The molecular weight excluding hydrogens is 390 g/mol. The van der Waals surface area contributed by atoms with Crippen LogP contribution in [-0.4, -0.2) is 10.4 Å². The highest BCUT2D eigenvalue weighted by molar-refractivity contribution is 8.14. The molecule has 4 rings (SSSR count). The second-order valence-corrected chi connectivity index (χ2v) is 9.68. The van der Waals surface area contributed by atoms with E-state index >= 15 is 0 Å². The summed E-state index contributed by atoms with van der Waals surface area (Å²) in [4.78, 5) is 3.49. The lowest BCUT2D eigenvalue weighted by Gasteiger charge is -2.11. The molecule has 0 aliphatic carbocycles. The fourth-order valence-electron chi connectivity index (χ4n) is 2.75. The molecule has 25 heavy (non-hydrogen) atoms. The van der Waals surface area contributed by atoms with Crippen molar-refractivity contribution in [2.24, 2.45) is 0 Å². The lowest BCUT2D eigenvalue weighted by molar-refractivity contribution is 1.14. The molecule has 0 spiro atoms. The number of para-hydroxylation sites is 1. The molecule has 3 nitrogen and oxygen atoms in total. The Kier molecular flexibility index (Phi) is 4.71. The van der Waals surface area contributed by atoms with E-state index in [2.05, 4.69) is 31.3 Å². The zero-order chi connectivity index (χ0) is 17.6. The van der Waals surface area contributed by atoms with Crippen molar-refractivity contribution in [3.8, 4) is 0 Å². The number of anilines is 2. The normalized spacial score (nSPS) is 19.7. The first-order valence-electron chi connectivity index (χ1n) is 7.80. The number of fused-ring (bicyclic) bond motifs is 2. The van der Waals surface area contributed by atoms with Crippen molar-refractivity contribution in [1.29, 1.82) is 5.41 Å². The van der Waals surface area contributed by atoms with Crippen molar-refractivity contribution in [2.45, 2.75) is 33.9 Å². The van der Waals surface area contributed by atoms with E-state index in [-0.39, 0.29) is 0 Å². The third kappa shape index (κ3) is 3.40. The van der Waals surface area contributed by atoms with Crippen LogP contribution >= 0.6 is 47.1 Å². The number of nitrogens with zero attached hydrogens (tertiary/aromatic N) is 1. The monoisotopic (exact) mass is 405 g/mol. The van der Waals surface area contributed by atoms with Crippen LogP contribution < -0.4 is 9.74 Å². The van der Waals surface area contributed by atoms with Crippen LogP contribution in [0.4, 0.5) is 11.4 Å². The minimum atomic E-state index is 0.398. The number of thioether (sulfide) groups is 3. The van der Waals surface area contributed by atoms with E-state index in [0.717, 1.165) is 20.5 Å². The molecule has 0 radical (unpaired) electrons. The summed E-state index contributed by atoms with van der Waals surface area (Å²) in [5.74, 6) is 0. The van der Waals surface area contributed by atoms with Gasteiger partial charge in [0.1, 0.15) is 0 Å². The van der Waals surface area contributed by atoms with E-state index in [0.29, 0.717) is 10.4 Å². The molecule has 128 valence electrons. The van der Waals surface area contributed by atoms with Gasteiger partial charge in [-0.3, -0.25) is 5.41 Å². The Morgan fingerprint density at radius 2 is 2.12 bits per heavy atom. The Balaban J connectivity index is 1.53. The van der Waals surface area contributed by atoms with Crippen LogP contribution in [0, 0.1) is 12.3 Å². The van der Waals surface area contributed by atoms with Gasteiger partial charge < -0.3 is 5.32 Å². The minimum absolute atomic E-state index is 0.398. The van der Waals surface area contributed by atoms with Gasteiger partial charge >= 0.3 is 0 Å². The standard InChI is InChI=1S/C18H16ClN3S3/c1-10-7-12-16(23-11(2)21-12)8-15(10)24-17(20)9-18-22(19)13-5-3-4-6-14(13)25-18/h3-9,11,20-21H,1-2H3/b18-9+,20-17?. The molecule has 0 saturated carbocycles. The summed E-state index contributed by atoms with van der Waals surface area (Å²) in [7, 11) is 0. The lowest BCUT2D eigenvalue weighted by atomic mass is 10.2. The topological polar surface area (TPSA) is 39.1 Å². The summed E-state index contributed by atoms with van der Waals surface area (Å²) < 4.78 is 1.63. The van der Waals surface area contributed by atoms with Crippen LogP contribution in [-0.2, 0) is 0 Å². The Bertz CT molecular complexity index is 897. The smallest absolute Gasteiger partial charge is 0.0986 e. The molecule has 2 heterocycles. The van der Waals surface area contributed by atoms with Crippen LogP contribution in [0.3, 0.4) is 0 Å². The lowest BCUT2D eigenvalue weighted by Crippen LogP contribution is -2.03. The van der Waals surface area contributed by atoms with Crippen molar-refractivity contribution in [3.63, 3.8) is 0 Å². The van der Waals surface area contributed by atoms with Gasteiger partial charge in [-0.1, -0.05) is 47.4 Å². The molecule has 0 fully saturated rings. The quantitative estimate of drug-likeness (QED) is 0.257. The summed E-state index contributed by atoms with van der Waals surface area (Å²) in [6.07, 6.45) is 1.84. The van der Waals surface area contributed by atoms with Gasteiger partial charge in [0.25, 0.3) is 0 Å². The second kappa shape index (κ2) is 6.83. The first kappa shape index (κ1) is 17.2. The average Bonchev–Trinajstić information content (AvgIpc) is 3.07. The third-order valence-corrected chi connectivity index (χ3v) is 7.50. The highest BCUT2D eigenvalue weighted by atomic mass is 35.5. The maximum atomic E-state index is 8.39. The van der Waals surface area contributed by atoms with Crippen LogP contribution in [0.5, 0.6) is 0 Å². The van der Waals surface area contributed by atoms with Crippen molar-refractivity contribution < 1.29 is 0 Å². The molecule has 7 heteroatoms. The second-order valence-electron chi connectivity index (χ2n) is 5.82. The van der Waals surface area contributed by atoms with Crippen LogP contribution in [0.15, 0.2) is 62.2 Å². The number of aryl methyl sites for hydroxylation is 1. The van der Waals surface area contributed by atoms with E-state index in [1.807, 2.05) is 42.1 Å². The molecule has 0 bridgehead atoms. The number of benzene rings is 2. The predicted molar refractivity (Wildman–Crippen MR) is 112 cm³/mol. The van der Waals surface area contributed by atoms with Crippen molar-refractivity contribution >= 4 is 63.5 Å². The molecule has 2 aromatic carbocycles. The molecule has 0 amide bonds. The molecule has 1 atom stereocenters. The molecule has 1 unspecified atom stereocenters. The molecule has 2 aromatic rings. The van der Waals surface area contributed by atoms with E-state index in [9.17, 15) is 0 Å². The van der Waals surface area contributed by atoms with E-state index in [1.54, 1.807) is 16.2 Å². The van der Waals surface area contributed by atoms with Crippen LogP contribution in [0.1, 0.15) is 12.5 Å². The zero-order valence-electron chi connectivity index (χ0n) is 13.7. The Hall–Kier alpha value is -1.21. The van der Waals surface area contributed by atoms with E-state index < -0.39 is 0 Å². The van der Waals surface area contributed by atoms with Crippen LogP contribution in [0.2, 0.25) is 0 Å². The van der Waals surface area contributed by atoms with Gasteiger partial charge in [-0.2, -0.15) is 0 Å². The van der Waals surface area contributed by atoms with Crippen LogP contribution in [0.25, 0.3) is 0 Å². The molecule has 0 saturated heterocycles. The first-order valence-corrected chi connectivity index (χ1v) is 10.6. The van der Waals surface area contributed by atoms with Crippen molar-refractivity contribution in [3.05, 3.63) is 53.1 Å². The fourth-order valence-corrected chi connectivity index (χ4v) is 6.04. The third-order valence-electron chi connectivity index (χ3n) is 3.90. The average molecular weight is 406 g/mol.